The van der Waals surface area contributed by atoms with Crippen LogP contribution in [0.15, 0.2) is 29.3 Å². The Bertz CT molecular complexity index is 508. The Morgan fingerprint density at radius 2 is 2.32 bits per heavy atom. The molecule has 1 aromatic rings. The van der Waals surface area contributed by atoms with Gasteiger partial charge in [0.25, 0.3) is 5.91 Å². The standard InChI is InChI=1S/C15H22N4O2.HI/c1-2-16-14(20)11-21-13-6-3-5-12(9-13)10-19-15-17-7-4-8-18-15;/h3,5-6,9H,2,4,7-8,10-11H2,1H3,(H,16,20)(H2,17,18,19);1H. The van der Waals surface area contributed by atoms with E-state index in [2.05, 4.69) is 20.9 Å². The molecule has 122 valence electrons. The van der Waals surface area contributed by atoms with E-state index in [0.29, 0.717) is 18.8 Å². The van der Waals surface area contributed by atoms with E-state index >= 15 is 0 Å². The summed E-state index contributed by atoms with van der Waals surface area (Å²) >= 11 is 0. The fourth-order valence-electron chi connectivity index (χ4n) is 1.98. The lowest BCUT2D eigenvalue weighted by Gasteiger charge is -2.16. The second kappa shape index (κ2) is 10.3. The predicted molar refractivity (Wildman–Crippen MR) is 97.8 cm³/mol. The van der Waals surface area contributed by atoms with Crippen LogP contribution in [0.1, 0.15) is 18.9 Å². The molecule has 0 spiro atoms. The summed E-state index contributed by atoms with van der Waals surface area (Å²) in [6.45, 7) is 5.03. The van der Waals surface area contributed by atoms with Gasteiger partial charge in [0.2, 0.25) is 0 Å². The molecule has 0 saturated carbocycles. The molecule has 7 heteroatoms. The van der Waals surface area contributed by atoms with E-state index < -0.39 is 0 Å². The van der Waals surface area contributed by atoms with Gasteiger partial charge in [-0.25, -0.2) is 0 Å². The molecule has 2 rings (SSSR count). The Morgan fingerprint density at radius 3 is 3.05 bits per heavy atom. The Hall–Kier alpha value is -1.51. The van der Waals surface area contributed by atoms with Crippen LogP contribution >= 0.6 is 24.0 Å². The van der Waals surface area contributed by atoms with Crippen LogP contribution in [0.2, 0.25) is 0 Å². The van der Waals surface area contributed by atoms with Crippen LogP contribution in [0.3, 0.4) is 0 Å². The summed E-state index contributed by atoms with van der Waals surface area (Å²) in [6, 6.07) is 7.70. The Morgan fingerprint density at radius 1 is 1.45 bits per heavy atom. The van der Waals surface area contributed by atoms with Gasteiger partial charge in [-0.15, -0.1) is 24.0 Å². The van der Waals surface area contributed by atoms with E-state index in [4.69, 9.17) is 4.74 Å². The number of nitrogens with zero attached hydrogens (tertiary/aromatic N) is 1. The summed E-state index contributed by atoms with van der Waals surface area (Å²) in [5.41, 5.74) is 1.08. The van der Waals surface area contributed by atoms with Crippen molar-refractivity contribution in [1.29, 1.82) is 0 Å². The van der Waals surface area contributed by atoms with Crippen LogP contribution in [-0.4, -0.2) is 38.1 Å². The zero-order valence-corrected chi connectivity index (χ0v) is 15.1. The lowest BCUT2D eigenvalue weighted by molar-refractivity contribution is -0.122. The fraction of sp³-hybridized carbons (Fsp3) is 0.467. The van der Waals surface area contributed by atoms with E-state index in [1.54, 1.807) is 0 Å². The van der Waals surface area contributed by atoms with E-state index in [-0.39, 0.29) is 36.5 Å². The van der Waals surface area contributed by atoms with Crippen molar-refractivity contribution in [3.05, 3.63) is 29.8 Å². The molecule has 3 N–H and O–H groups in total. The van der Waals surface area contributed by atoms with Crippen LogP contribution in [0, 0.1) is 0 Å². The highest BCUT2D eigenvalue weighted by atomic mass is 127. The fourth-order valence-corrected chi connectivity index (χ4v) is 1.98. The minimum Gasteiger partial charge on any atom is -0.484 e. The third-order valence-corrected chi connectivity index (χ3v) is 3.00. The smallest absolute Gasteiger partial charge is 0.257 e. The largest absolute Gasteiger partial charge is 0.484 e. The number of halogens is 1. The van der Waals surface area contributed by atoms with Gasteiger partial charge in [-0.3, -0.25) is 9.79 Å². The summed E-state index contributed by atoms with van der Waals surface area (Å²) < 4.78 is 5.47. The molecule has 1 aliphatic heterocycles. The van der Waals surface area contributed by atoms with E-state index in [0.717, 1.165) is 31.0 Å². The van der Waals surface area contributed by atoms with Crippen LogP contribution in [-0.2, 0) is 11.3 Å². The van der Waals surface area contributed by atoms with E-state index in [1.165, 1.54) is 0 Å². The van der Waals surface area contributed by atoms with Crippen LogP contribution < -0.4 is 20.7 Å². The van der Waals surface area contributed by atoms with Gasteiger partial charge >= 0.3 is 0 Å². The van der Waals surface area contributed by atoms with Crippen molar-refractivity contribution in [3.63, 3.8) is 0 Å². The maximum Gasteiger partial charge on any atom is 0.257 e. The number of ether oxygens (including phenoxy) is 1. The molecule has 1 amide bonds. The number of carbonyl (C=O) groups excluding carboxylic acids is 1. The molecule has 0 bridgehead atoms. The molecule has 0 aliphatic carbocycles. The zero-order valence-electron chi connectivity index (χ0n) is 12.7. The van der Waals surface area contributed by atoms with Crippen molar-refractivity contribution in [1.82, 2.24) is 16.0 Å². The van der Waals surface area contributed by atoms with Crippen molar-refractivity contribution in [2.45, 2.75) is 19.9 Å². The van der Waals surface area contributed by atoms with Gasteiger partial charge in [0.1, 0.15) is 5.75 Å². The molecule has 0 aromatic heterocycles. The van der Waals surface area contributed by atoms with Crippen molar-refractivity contribution in [2.75, 3.05) is 26.2 Å². The molecule has 1 aromatic carbocycles. The molecule has 0 radical (unpaired) electrons. The molecule has 6 nitrogen and oxygen atoms in total. The average molecular weight is 418 g/mol. The molecule has 22 heavy (non-hydrogen) atoms. The number of benzene rings is 1. The van der Waals surface area contributed by atoms with Crippen molar-refractivity contribution < 1.29 is 9.53 Å². The molecule has 0 atom stereocenters. The van der Waals surface area contributed by atoms with Gasteiger partial charge in [-0.1, -0.05) is 12.1 Å². The van der Waals surface area contributed by atoms with Gasteiger partial charge in [-0.2, -0.15) is 0 Å². The molecule has 1 heterocycles. The minimum atomic E-state index is -0.109. The number of hydrogen-bond donors (Lipinski definition) is 3. The second-order valence-electron chi connectivity index (χ2n) is 4.75. The average Bonchev–Trinajstić information content (AvgIpc) is 2.53. The first-order valence-electron chi connectivity index (χ1n) is 7.28. The molecule has 0 saturated heterocycles. The Balaban J connectivity index is 0.00000242. The Labute approximate surface area is 148 Å². The second-order valence-corrected chi connectivity index (χ2v) is 4.75. The first-order chi connectivity index (χ1) is 10.3. The number of likely N-dealkylation sites (N-methyl/N-ethyl adjacent to an activating group) is 1. The van der Waals surface area contributed by atoms with Crippen LogP contribution in [0.25, 0.3) is 0 Å². The summed E-state index contributed by atoms with van der Waals surface area (Å²) in [4.78, 5) is 15.7. The van der Waals surface area contributed by atoms with Gasteiger partial charge < -0.3 is 20.7 Å². The molecular weight excluding hydrogens is 395 g/mol. The first kappa shape index (κ1) is 18.5. The molecule has 0 unspecified atom stereocenters. The highest BCUT2D eigenvalue weighted by molar-refractivity contribution is 14.0. The van der Waals surface area contributed by atoms with Crippen molar-refractivity contribution >= 4 is 35.8 Å². The number of aliphatic imine (C=N–C) groups is 1. The van der Waals surface area contributed by atoms with Crippen LogP contribution in [0.4, 0.5) is 0 Å². The Kier molecular flexibility index (Phi) is 8.64. The van der Waals surface area contributed by atoms with Gasteiger partial charge in [0.15, 0.2) is 12.6 Å². The van der Waals surface area contributed by atoms with Gasteiger partial charge in [0, 0.05) is 26.2 Å². The first-order valence-corrected chi connectivity index (χ1v) is 7.28. The summed E-state index contributed by atoms with van der Waals surface area (Å²) in [5, 5.41) is 9.17. The number of nitrogens with one attached hydrogen (secondary N) is 3. The highest BCUT2D eigenvalue weighted by Crippen LogP contribution is 2.13. The van der Waals surface area contributed by atoms with Crippen molar-refractivity contribution in [2.24, 2.45) is 4.99 Å². The van der Waals surface area contributed by atoms with E-state index in [1.807, 2.05) is 31.2 Å². The summed E-state index contributed by atoms with van der Waals surface area (Å²) in [7, 11) is 0. The quantitative estimate of drug-likeness (QED) is 0.609. The third kappa shape index (κ3) is 6.50. The number of hydrogen-bond acceptors (Lipinski definition) is 5. The molecule has 0 fully saturated rings. The molecular formula is C15H23IN4O2. The topological polar surface area (TPSA) is 74.8 Å². The predicted octanol–water partition coefficient (Wildman–Crippen LogP) is 1.26. The number of carbonyl (C=O) groups is 1. The molecule has 1 aliphatic rings. The van der Waals surface area contributed by atoms with E-state index in [9.17, 15) is 4.79 Å². The maximum atomic E-state index is 11.4. The monoisotopic (exact) mass is 418 g/mol. The van der Waals surface area contributed by atoms with Crippen molar-refractivity contribution in [3.8, 4) is 5.75 Å². The van der Waals surface area contributed by atoms with Gasteiger partial charge in [0.05, 0.1) is 0 Å². The number of rotatable bonds is 6. The third-order valence-electron chi connectivity index (χ3n) is 3.00. The summed E-state index contributed by atoms with van der Waals surface area (Å²) in [5.74, 6) is 1.43. The highest BCUT2D eigenvalue weighted by Gasteiger charge is 2.05. The lowest BCUT2D eigenvalue weighted by atomic mass is 10.2. The summed E-state index contributed by atoms with van der Waals surface area (Å²) in [6.07, 6.45) is 1.08. The lowest BCUT2D eigenvalue weighted by Crippen LogP contribution is -2.40. The normalized spacial score (nSPS) is 13.2. The van der Waals surface area contributed by atoms with Crippen LogP contribution in [0.5, 0.6) is 5.75 Å². The zero-order chi connectivity index (χ0) is 14.9. The minimum absolute atomic E-state index is 0. The SMILES string of the molecule is CCNC(=O)COc1cccc(CNC2=NCCCN2)c1.I. The number of amides is 1. The van der Waals surface area contributed by atoms with Gasteiger partial charge in [-0.05, 0) is 31.0 Å². The maximum absolute atomic E-state index is 11.4. The number of guanidine groups is 1.